The van der Waals surface area contributed by atoms with E-state index in [2.05, 4.69) is 11.4 Å². The Balaban J connectivity index is 1.65. The van der Waals surface area contributed by atoms with Gasteiger partial charge in [0.05, 0.1) is 5.92 Å². The van der Waals surface area contributed by atoms with Gasteiger partial charge in [-0.25, -0.2) is 0 Å². The van der Waals surface area contributed by atoms with E-state index in [1.165, 1.54) is 4.90 Å². The fourth-order valence-corrected chi connectivity index (χ4v) is 3.56. The molecule has 0 bridgehead atoms. The molecule has 3 N–H and O–H groups in total. The second-order valence-corrected chi connectivity index (χ2v) is 5.92. The molecule has 3 nitrogen and oxygen atoms in total. The predicted molar refractivity (Wildman–Crippen MR) is 82.6 cm³/mol. The second-order valence-electron chi connectivity index (χ2n) is 4.86. The van der Waals surface area contributed by atoms with Crippen LogP contribution in [-0.4, -0.2) is 11.7 Å². The minimum Gasteiger partial charge on any atom is -0.399 e. The monoisotopic (exact) mass is 284 g/mol. The quantitative estimate of drug-likeness (QED) is 0.852. The Hall–Kier alpha value is -1.94. The molecule has 1 amide bonds. The van der Waals surface area contributed by atoms with Crippen molar-refractivity contribution < 1.29 is 4.79 Å². The fourth-order valence-electron chi connectivity index (χ4n) is 2.33. The van der Waals surface area contributed by atoms with Crippen molar-refractivity contribution in [1.29, 1.82) is 0 Å². The number of nitrogens with two attached hydrogens (primary N) is 1. The molecule has 0 fully saturated rings. The zero-order valence-electron chi connectivity index (χ0n) is 11.0. The van der Waals surface area contributed by atoms with Crippen LogP contribution in [0.15, 0.2) is 53.4 Å². The summed E-state index contributed by atoms with van der Waals surface area (Å²) in [5.74, 6) is 0.886. The van der Waals surface area contributed by atoms with Gasteiger partial charge < -0.3 is 11.1 Å². The van der Waals surface area contributed by atoms with Crippen LogP contribution >= 0.6 is 11.8 Å². The largest absolute Gasteiger partial charge is 0.399 e. The maximum absolute atomic E-state index is 12.3. The van der Waals surface area contributed by atoms with E-state index in [1.807, 2.05) is 42.5 Å². The molecule has 4 heteroatoms. The lowest BCUT2D eigenvalue weighted by molar-refractivity contribution is -0.122. The Labute approximate surface area is 122 Å². The highest BCUT2D eigenvalue weighted by Crippen LogP contribution is 2.39. The van der Waals surface area contributed by atoms with Gasteiger partial charge in [-0.2, -0.15) is 0 Å². The van der Waals surface area contributed by atoms with Crippen LogP contribution < -0.4 is 11.1 Å². The number of benzene rings is 2. The van der Waals surface area contributed by atoms with Crippen molar-refractivity contribution in [2.45, 2.75) is 17.4 Å². The van der Waals surface area contributed by atoms with Gasteiger partial charge in [0.1, 0.15) is 0 Å². The SMILES string of the molecule is Nc1ccc(CNC(=O)C2CSc3ccccc32)cc1. The molecule has 1 aliphatic heterocycles. The number of anilines is 1. The Morgan fingerprint density at radius 3 is 2.75 bits per heavy atom. The van der Waals surface area contributed by atoms with Gasteiger partial charge in [0.25, 0.3) is 0 Å². The molecule has 0 aromatic heterocycles. The Morgan fingerprint density at radius 2 is 1.95 bits per heavy atom. The number of nitrogens with one attached hydrogen (secondary N) is 1. The predicted octanol–water partition coefficient (Wildman–Crippen LogP) is 2.77. The summed E-state index contributed by atoms with van der Waals surface area (Å²) in [4.78, 5) is 13.5. The van der Waals surface area contributed by atoms with Crippen LogP contribution in [0.2, 0.25) is 0 Å². The molecule has 1 atom stereocenters. The molecule has 102 valence electrons. The van der Waals surface area contributed by atoms with E-state index in [1.54, 1.807) is 11.8 Å². The molecule has 2 aromatic rings. The number of thioether (sulfide) groups is 1. The maximum Gasteiger partial charge on any atom is 0.228 e. The standard InChI is InChI=1S/C16H16N2OS/c17-12-7-5-11(6-8-12)9-18-16(19)14-10-20-15-4-2-1-3-13(14)15/h1-8,14H,9-10,17H2,(H,18,19). The summed E-state index contributed by atoms with van der Waals surface area (Å²) in [5.41, 5.74) is 8.59. The van der Waals surface area contributed by atoms with Gasteiger partial charge in [-0.1, -0.05) is 30.3 Å². The summed E-state index contributed by atoms with van der Waals surface area (Å²) >= 11 is 1.75. The van der Waals surface area contributed by atoms with Gasteiger partial charge in [-0.05, 0) is 29.3 Å². The first kappa shape index (κ1) is 13.1. The number of rotatable bonds is 3. The minimum absolute atomic E-state index is 0.0371. The lowest BCUT2D eigenvalue weighted by Gasteiger charge is -2.11. The van der Waals surface area contributed by atoms with Crippen molar-refractivity contribution in [3.8, 4) is 0 Å². The third kappa shape index (κ3) is 2.65. The van der Waals surface area contributed by atoms with Gasteiger partial charge in [-0.15, -0.1) is 11.8 Å². The van der Waals surface area contributed by atoms with Gasteiger partial charge in [0.2, 0.25) is 5.91 Å². The molecule has 2 aromatic carbocycles. The average Bonchev–Trinajstić information content (AvgIpc) is 2.90. The molecular formula is C16H16N2OS. The summed E-state index contributed by atoms with van der Waals surface area (Å²) in [7, 11) is 0. The fraction of sp³-hybridized carbons (Fsp3) is 0.188. The lowest BCUT2D eigenvalue weighted by atomic mass is 10.0. The van der Waals surface area contributed by atoms with E-state index in [4.69, 9.17) is 5.73 Å². The number of carbonyl (C=O) groups excluding carboxylic acids is 1. The smallest absolute Gasteiger partial charge is 0.228 e. The molecule has 0 saturated carbocycles. The van der Waals surface area contributed by atoms with E-state index >= 15 is 0 Å². The number of hydrogen-bond acceptors (Lipinski definition) is 3. The van der Waals surface area contributed by atoms with E-state index < -0.39 is 0 Å². The summed E-state index contributed by atoms with van der Waals surface area (Å²) in [6, 6.07) is 15.7. The Morgan fingerprint density at radius 1 is 1.20 bits per heavy atom. The zero-order chi connectivity index (χ0) is 13.9. The molecule has 0 spiro atoms. The first-order valence-electron chi connectivity index (χ1n) is 6.58. The van der Waals surface area contributed by atoms with Crippen LogP contribution in [0.3, 0.4) is 0 Å². The van der Waals surface area contributed by atoms with E-state index in [-0.39, 0.29) is 11.8 Å². The lowest BCUT2D eigenvalue weighted by Crippen LogP contribution is -2.29. The maximum atomic E-state index is 12.3. The van der Waals surface area contributed by atoms with Gasteiger partial charge in [0.15, 0.2) is 0 Å². The molecule has 0 aliphatic carbocycles. The normalized spacial score (nSPS) is 16.7. The number of hydrogen-bond donors (Lipinski definition) is 2. The molecule has 1 unspecified atom stereocenters. The summed E-state index contributed by atoms with van der Waals surface area (Å²) < 4.78 is 0. The molecule has 1 heterocycles. The van der Waals surface area contributed by atoms with Gasteiger partial charge in [0, 0.05) is 22.9 Å². The van der Waals surface area contributed by atoms with Crippen molar-refractivity contribution in [2.75, 3.05) is 11.5 Å². The number of carbonyl (C=O) groups is 1. The summed E-state index contributed by atoms with van der Waals surface area (Å²) in [6.07, 6.45) is 0. The number of amides is 1. The third-order valence-corrected chi connectivity index (χ3v) is 4.65. The van der Waals surface area contributed by atoms with Crippen LogP contribution in [0.5, 0.6) is 0 Å². The van der Waals surface area contributed by atoms with Crippen molar-refractivity contribution in [1.82, 2.24) is 5.32 Å². The number of fused-ring (bicyclic) bond motifs is 1. The first-order valence-corrected chi connectivity index (χ1v) is 7.56. The van der Waals surface area contributed by atoms with Crippen molar-refractivity contribution in [3.63, 3.8) is 0 Å². The van der Waals surface area contributed by atoms with Crippen LogP contribution in [0.4, 0.5) is 5.69 Å². The van der Waals surface area contributed by atoms with Crippen molar-refractivity contribution >= 4 is 23.4 Å². The Bertz CT molecular complexity index is 625. The van der Waals surface area contributed by atoms with E-state index in [9.17, 15) is 4.79 Å². The summed E-state index contributed by atoms with van der Waals surface area (Å²) in [6.45, 7) is 0.544. The minimum atomic E-state index is -0.0371. The van der Waals surface area contributed by atoms with Gasteiger partial charge >= 0.3 is 0 Å². The molecule has 0 radical (unpaired) electrons. The zero-order valence-corrected chi connectivity index (χ0v) is 11.8. The van der Waals surface area contributed by atoms with Crippen LogP contribution in [0.25, 0.3) is 0 Å². The van der Waals surface area contributed by atoms with Crippen LogP contribution in [0.1, 0.15) is 17.0 Å². The molecule has 1 aliphatic rings. The second kappa shape index (κ2) is 5.59. The summed E-state index contributed by atoms with van der Waals surface area (Å²) in [5, 5.41) is 3.01. The molecular weight excluding hydrogens is 268 g/mol. The molecule has 0 saturated heterocycles. The van der Waals surface area contributed by atoms with Crippen molar-refractivity contribution in [3.05, 3.63) is 59.7 Å². The third-order valence-electron chi connectivity index (χ3n) is 3.46. The van der Waals surface area contributed by atoms with E-state index in [0.29, 0.717) is 6.54 Å². The molecule has 20 heavy (non-hydrogen) atoms. The highest BCUT2D eigenvalue weighted by Gasteiger charge is 2.28. The van der Waals surface area contributed by atoms with Crippen LogP contribution in [0, 0.1) is 0 Å². The van der Waals surface area contributed by atoms with E-state index in [0.717, 1.165) is 22.6 Å². The molecule has 3 rings (SSSR count). The van der Waals surface area contributed by atoms with Gasteiger partial charge in [-0.3, -0.25) is 4.79 Å². The number of nitrogen functional groups attached to an aromatic ring is 1. The topological polar surface area (TPSA) is 55.1 Å². The highest BCUT2D eigenvalue weighted by molar-refractivity contribution is 7.99. The Kier molecular flexibility index (Phi) is 3.65. The average molecular weight is 284 g/mol. The van der Waals surface area contributed by atoms with Crippen LogP contribution in [-0.2, 0) is 11.3 Å². The van der Waals surface area contributed by atoms with Crippen molar-refractivity contribution in [2.24, 2.45) is 0 Å². The first-order chi connectivity index (χ1) is 9.74. The highest BCUT2D eigenvalue weighted by atomic mass is 32.2.